The molecule has 0 saturated carbocycles. The summed E-state index contributed by atoms with van der Waals surface area (Å²) >= 11 is 0. The smallest absolute Gasteiger partial charge is 0.161 e. The maximum atomic E-state index is 4.67. The van der Waals surface area contributed by atoms with E-state index in [1.54, 1.807) is 12.5 Å². The van der Waals surface area contributed by atoms with Crippen LogP contribution in [0.3, 0.4) is 0 Å². The van der Waals surface area contributed by atoms with Gasteiger partial charge in [0.15, 0.2) is 5.65 Å². The zero-order valence-corrected chi connectivity index (χ0v) is 18.8. The van der Waals surface area contributed by atoms with E-state index in [0.717, 1.165) is 74.9 Å². The summed E-state index contributed by atoms with van der Waals surface area (Å²) in [6.07, 6.45) is 3.29. The van der Waals surface area contributed by atoms with Gasteiger partial charge >= 0.3 is 0 Å². The van der Waals surface area contributed by atoms with Crippen LogP contribution in [0.4, 0.5) is 5.69 Å². The molecule has 0 aliphatic rings. The maximum absolute atomic E-state index is 4.67. The summed E-state index contributed by atoms with van der Waals surface area (Å²) in [5.41, 5.74) is 3.86. The van der Waals surface area contributed by atoms with Gasteiger partial charge in [-0.2, -0.15) is 0 Å². The highest BCUT2D eigenvalue weighted by Gasteiger charge is 2.13. The second-order valence-electron chi connectivity index (χ2n) is 7.43. The maximum Gasteiger partial charge on any atom is 0.161 e. The Labute approximate surface area is 180 Å². The number of aromatic nitrogens is 4. The Hall–Kier alpha value is -2.51. The molecule has 0 fully saturated rings. The highest BCUT2D eigenvalue weighted by Crippen LogP contribution is 2.24. The second-order valence-corrected chi connectivity index (χ2v) is 7.43. The van der Waals surface area contributed by atoms with E-state index in [1.807, 2.05) is 0 Å². The summed E-state index contributed by atoms with van der Waals surface area (Å²) in [5, 5.41) is 0. The zero-order valence-electron chi connectivity index (χ0n) is 18.8. The van der Waals surface area contributed by atoms with Crippen molar-refractivity contribution in [2.75, 3.05) is 57.3 Å². The standard InChI is InChI=1S/C23H35N7/c1-5-28(6-2)12-14-30(15-13-29(7-3)8-4)20-11-9-10-19(16-20)22-26-21-17-24-18-25-23(21)27-22/h9-11,16-18H,5-8,12-15H2,1-4H3,(H,24,25,26,27). The van der Waals surface area contributed by atoms with Gasteiger partial charge in [-0.3, -0.25) is 0 Å². The van der Waals surface area contributed by atoms with Gasteiger partial charge in [-0.05, 0) is 38.3 Å². The first-order chi connectivity index (χ1) is 14.7. The summed E-state index contributed by atoms with van der Waals surface area (Å²) in [7, 11) is 0. The number of likely N-dealkylation sites (N-methyl/N-ethyl adjacent to an activating group) is 2. The van der Waals surface area contributed by atoms with E-state index < -0.39 is 0 Å². The van der Waals surface area contributed by atoms with E-state index in [4.69, 9.17) is 0 Å². The van der Waals surface area contributed by atoms with Gasteiger partial charge in [0.25, 0.3) is 0 Å². The number of fused-ring (bicyclic) bond motifs is 1. The number of nitrogens with zero attached hydrogens (tertiary/aromatic N) is 6. The van der Waals surface area contributed by atoms with Crippen LogP contribution >= 0.6 is 0 Å². The highest BCUT2D eigenvalue weighted by molar-refractivity contribution is 5.75. The van der Waals surface area contributed by atoms with Crippen molar-refractivity contribution in [3.05, 3.63) is 36.8 Å². The Morgan fingerprint density at radius 1 is 0.867 bits per heavy atom. The molecule has 0 aliphatic heterocycles. The molecular weight excluding hydrogens is 374 g/mol. The largest absolute Gasteiger partial charge is 0.369 e. The van der Waals surface area contributed by atoms with Crippen molar-refractivity contribution in [2.45, 2.75) is 27.7 Å². The lowest BCUT2D eigenvalue weighted by Crippen LogP contribution is -2.39. The molecule has 0 unspecified atom stereocenters. The number of H-pyrrole nitrogens is 1. The Kier molecular flexibility index (Phi) is 8.16. The van der Waals surface area contributed by atoms with Gasteiger partial charge in [-0.25, -0.2) is 15.0 Å². The number of benzene rings is 1. The Bertz CT molecular complexity index is 850. The molecule has 7 nitrogen and oxygen atoms in total. The average Bonchev–Trinajstić information content (AvgIpc) is 3.23. The van der Waals surface area contributed by atoms with Crippen molar-refractivity contribution in [2.24, 2.45) is 0 Å². The first-order valence-corrected chi connectivity index (χ1v) is 11.1. The number of aromatic amines is 1. The minimum atomic E-state index is 0.769. The summed E-state index contributed by atoms with van der Waals surface area (Å²) < 4.78 is 0. The molecular formula is C23H35N7. The first-order valence-electron chi connectivity index (χ1n) is 11.1. The fraction of sp³-hybridized carbons (Fsp3) is 0.522. The first kappa shape index (κ1) is 22.2. The average molecular weight is 410 g/mol. The van der Waals surface area contributed by atoms with E-state index in [-0.39, 0.29) is 0 Å². The quantitative estimate of drug-likeness (QED) is 0.494. The Morgan fingerprint density at radius 3 is 2.13 bits per heavy atom. The van der Waals surface area contributed by atoms with Gasteiger partial charge in [0.05, 0.1) is 6.20 Å². The molecule has 30 heavy (non-hydrogen) atoms. The fourth-order valence-corrected chi connectivity index (χ4v) is 3.72. The van der Waals surface area contributed by atoms with Crippen LogP contribution in [0.1, 0.15) is 27.7 Å². The Morgan fingerprint density at radius 2 is 1.53 bits per heavy atom. The highest BCUT2D eigenvalue weighted by atomic mass is 15.2. The van der Waals surface area contributed by atoms with Crippen molar-refractivity contribution in [1.82, 2.24) is 29.7 Å². The number of nitrogens with one attached hydrogen (secondary N) is 1. The number of anilines is 1. The topological polar surface area (TPSA) is 64.2 Å². The van der Waals surface area contributed by atoms with Crippen LogP contribution in [0.15, 0.2) is 36.8 Å². The predicted octanol–water partition coefficient (Wildman–Crippen LogP) is 3.51. The molecule has 1 aromatic carbocycles. The summed E-state index contributed by atoms with van der Waals surface area (Å²) in [6.45, 7) is 17.4. The molecule has 0 amide bonds. The fourth-order valence-electron chi connectivity index (χ4n) is 3.72. The third kappa shape index (κ3) is 5.55. The minimum absolute atomic E-state index is 0.769. The number of imidazole rings is 1. The normalized spacial score (nSPS) is 11.7. The van der Waals surface area contributed by atoms with E-state index >= 15 is 0 Å². The SMILES string of the molecule is CCN(CC)CCN(CCN(CC)CC)c1cccc(-c2nc3cncnc3[nH]2)c1. The van der Waals surface area contributed by atoms with Crippen molar-refractivity contribution in [3.63, 3.8) is 0 Å². The molecule has 0 saturated heterocycles. The summed E-state index contributed by atoms with van der Waals surface area (Å²) in [6, 6.07) is 8.65. The van der Waals surface area contributed by atoms with E-state index in [2.05, 4.69) is 86.6 Å². The molecule has 0 bridgehead atoms. The molecule has 0 aliphatic carbocycles. The van der Waals surface area contributed by atoms with Gasteiger partial charge < -0.3 is 19.7 Å². The monoisotopic (exact) mass is 409 g/mol. The van der Waals surface area contributed by atoms with Crippen LogP contribution in [0, 0.1) is 0 Å². The van der Waals surface area contributed by atoms with Crippen molar-refractivity contribution in [1.29, 1.82) is 0 Å². The van der Waals surface area contributed by atoms with Gasteiger partial charge in [-0.1, -0.05) is 39.8 Å². The molecule has 3 aromatic rings. The summed E-state index contributed by atoms with van der Waals surface area (Å²) in [5.74, 6) is 0.833. The van der Waals surface area contributed by atoms with Crippen LogP contribution in [-0.4, -0.2) is 82.1 Å². The lowest BCUT2D eigenvalue weighted by molar-refractivity contribution is 0.294. The Balaban J connectivity index is 1.82. The van der Waals surface area contributed by atoms with Crippen molar-refractivity contribution in [3.8, 4) is 11.4 Å². The third-order valence-electron chi connectivity index (χ3n) is 5.81. The molecule has 0 atom stereocenters. The van der Waals surface area contributed by atoms with Crippen LogP contribution in [0.2, 0.25) is 0 Å². The molecule has 1 N–H and O–H groups in total. The van der Waals surface area contributed by atoms with E-state index in [0.29, 0.717) is 0 Å². The molecule has 2 heterocycles. The number of hydrogen-bond donors (Lipinski definition) is 1. The van der Waals surface area contributed by atoms with Crippen molar-refractivity contribution >= 4 is 16.9 Å². The van der Waals surface area contributed by atoms with Gasteiger partial charge in [0, 0.05) is 37.4 Å². The molecule has 0 radical (unpaired) electrons. The van der Waals surface area contributed by atoms with Crippen LogP contribution in [0.5, 0.6) is 0 Å². The van der Waals surface area contributed by atoms with Gasteiger partial charge in [-0.15, -0.1) is 0 Å². The van der Waals surface area contributed by atoms with Gasteiger partial charge in [0.1, 0.15) is 17.7 Å². The van der Waals surface area contributed by atoms with Crippen LogP contribution in [-0.2, 0) is 0 Å². The van der Waals surface area contributed by atoms with E-state index in [1.165, 1.54) is 5.69 Å². The van der Waals surface area contributed by atoms with Crippen LogP contribution in [0.25, 0.3) is 22.6 Å². The zero-order chi connectivity index (χ0) is 21.3. The summed E-state index contributed by atoms with van der Waals surface area (Å²) in [4.78, 5) is 23.8. The molecule has 7 heteroatoms. The molecule has 0 spiro atoms. The van der Waals surface area contributed by atoms with E-state index in [9.17, 15) is 0 Å². The lowest BCUT2D eigenvalue weighted by Gasteiger charge is -2.30. The van der Waals surface area contributed by atoms with Gasteiger partial charge in [0.2, 0.25) is 0 Å². The lowest BCUT2D eigenvalue weighted by atomic mass is 10.1. The minimum Gasteiger partial charge on any atom is -0.369 e. The molecule has 2 aromatic heterocycles. The third-order valence-corrected chi connectivity index (χ3v) is 5.81. The molecule has 162 valence electrons. The van der Waals surface area contributed by atoms with Crippen molar-refractivity contribution < 1.29 is 0 Å². The number of rotatable bonds is 12. The van der Waals surface area contributed by atoms with Crippen LogP contribution < -0.4 is 4.90 Å². The molecule has 3 rings (SSSR count). The predicted molar refractivity (Wildman–Crippen MR) is 125 cm³/mol. The number of hydrogen-bond acceptors (Lipinski definition) is 6. The second kappa shape index (κ2) is 11.0.